The van der Waals surface area contributed by atoms with Crippen LogP contribution in [0.1, 0.15) is 33.3 Å². The number of nitrogens with zero attached hydrogens (tertiary/aromatic N) is 2. The van der Waals surface area contributed by atoms with Gasteiger partial charge in [0.05, 0.1) is 6.07 Å². The van der Waals surface area contributed by atoms with E-state index < -0.39 is 0 Å². The lowest BCUT2D eigenvalue weighted by molar-refractivity contribution is 0.604. The predicted molar refractivity (Wildman–Crippen MR) is 137 cm³/mol. The number of benzene rings is 3. The summed E-state index contributed by atoms with van der Waals surface area (Å²) >= 11 is 0. The zero-order valence-electron chi connectivity index (χ0n) is 19.9. The van der Waals surface area contributed by atoms with Crippen molar-refractivity contribution in [2.24, 2.45) is 0 Å². The zero-order chi connectivity index (χ0) is 22.8. The van der Waals surface area contributed by atoms with Gasteiger partial charge >= 0.3 is 0 Å². The number of rotatable bonds is 6. The highest BCUT2D eigenvalue weighted by Crippen LogP contribution is 2.42. The summed E-state index contributed by atoms with van der Waals surface area (Å²) in [4.78, 5) is 2.34. The minimum Gasteiger partial charge on any atom is -0.456 e. The number of nitrogen functional groups attached to an aromatic ring is 1. The molecule has 0 bridgehead atoms. The molecule has 0 atom stereocenters. The van der Waals surface area contributed by atoms with Crippen LogP contribution in [-0.4, -0.2) is 26.2 Å². The second kappa shape index (κ2) is 9.07. The second-order valence-electron chi connectivity index (χ2n) is 8.26. The predicted octanol–water partition coefficient (Wildman–Crippen LogP) is 5.75. The molecule has 166 valence electrons. The Kier molecular flexibility index (Phi) is 6.22. The van der Waals surface area contributed by atoms with E-state index in [1.807, 2.05) is 6.07 Å². The van der Waals surface area contributed by atoms with Crippen LogP contribution >= 0.6 is 0 Å². The molecule has 0 unspecified atom stereocenters. The van der Waals surface area contributed by atoms with Crippen molar-refractivity contribution in [3.05, 3.63) is 65.5 Å². The number of fused-ring (bicyclic) bond motifs is 2. The maximum absolute atomic E-state index is 6.55. The highest BCUT2D eigenvalue weighted by atomic mass is 16.3. The van der Waals surface area contributed by atoms with E-state index in [-0.39, 0.29) is 0 Å². The number of hydrogen-bond donors (Lipinski definition) is 1. The largest absolute Gasteiger partial charge is 0.456 e. The van der Waals surface area contributed by atoms with Gasteiger partial charge in [0.1, 0.15) is 24.4 Å². The topological polar surface area (TPSA) is 45.4 Å². The molecule has 4 nitrogen and oxygen atoms in total. The monoisotopic (exact) mass is 428 g/mol. The van der Waals surface area contributed by atoms with Crippen molar-refractivity contribution in [2.45, 2.75) is 34.6 Å². The Morgan fingerprint density at radius 2 is 1.59 bits per heavy atom. The fourth-order valence-corrected chi connectivity index (χ4v) is 4.64. The van der Waals surface area contributed by atoms with Crippen molar-refractivity contribution in [1.82, 2.24) is 4.58 Å². The Labute approximate surface area is 191 Å². The molecule has 0 saturated carbocycles. The van der Waals surface area contributed by atoms with Gasteiger partial charge in [0.15, 0.2) is 0 Å². The molecule has 1 heterocycles. The van der Waals surface area contributed by atoms with Gasteiger partial charge in [0, 0.05) is 53.1 Å². The first-order chi connectivity index (χ1) is 15.5. The van der Waals surface area contributed by atoms with Gasteiger partial charge in [0.2, 0.25) is 5.36 Å². The van der Waals surface area contributed by atoms with E-state index >= 15 is 0 Å². The summed E-state index contributed by atoms with van der Waals surface area (Å²) < 4.78 is 8.90. The third kappa shape index (κ3) is 3.86. The van der Waals surface area contributed by atoms with Crippen molar-refractivity contribution in [3.63, 3.8) is 0 Å². The summed E-state index contributed by atoms with van der Waals surface area (Å²) in [7, 11) is 0. The minimum atomic E-state index is 0.771. The molecular formula is C28H34N3O+. The lowest BCUT2D eigenvalue weighted by Gasteiger charge is -2.22. The zero-order valence-corrected chi connectivity index (χ0v) is 19.9. The van der Waals surface area contributed by atoms with Crippen LogP contribution < -0.4 is 20.6 Å². The van der Waals surface area contributed by atoms with Crippen LogP contribution in [0.2, 0.25) is 0 Å². The second-order valence-corrected chi connectivity index (χ2v) is 8.26. The maximum atomic E-state index is 6.55. The summed E-state index contributed by atoms with van der Waals surface area (Å²) in [6, 6.07) is 19.3. The Morgan fingerprint density at radius 3 is 2.28 bits per heavy atom. The van der Waals surface area contributed by atoms with Crippen LogP contribution in [0.4, 0.5) is 11.4 Å². The fraction of sp³-hybridized carbons (Fsp3) is 0.321. The molecule has 0 spiro atoms. The molecule has 0 fully saturated rings. The molecule has 2 N–H and O–H groups in total. The highest BCUT2D eigenvalue weighted by Gasteiger charge is 2.20. The fourth-order valence-electron chi connectivity index (χ4n) is 4.64. The van der Waals surface area contributed by atoms with E-state index in [9.17, 15) is 0 Å². The van der Waals surface area contributed by atoms with Gasteiger partial charge in [-0.05, 0) is 76.1 Å². The van der Waals surface area contributed by atoms with Crippen molar-refractivity contribution in [3.8, 4) is 22.5 Å². The van der Waals surface area contributed by atoms with Crippen LogP contribution in [-0.2, 0) is 0 Å². The number of hydrogen-bond acceptors (Lipinski definition) is 3. The Morgan fingerprint density at radius 1 is 0.844 bits per heavy atom. The van der Waals surface area contributed by atoms with Gasteiger partial charge in [-0.3, -0.25) is 0 Å². The summed E-state index contributed by atoms with van der Waals surface area (Å²) in [6.07, 6.45) is 0. The third-order valence-corrected chi connectivity index (χ3v) is 6.48. The number of aryl methyl sites for hydroxylation is 1. The van der Waals surface area contributed by atoms with E-state index in [1.54, 1.807) is 0 Å². The summed E-state index contributed by atoms with van der Waals surface area (Å²) in [5, 5.41) is 2.29. The SMILES string of the molecule is CCN(CC)c1ccc2c(-c3cc(N)ccc3C)c3ccc(=[N+](CC)CC)cc-3oc2c1. The van der Waals surface area contributed by atoms with E-state index in [2.05, 4.69) is 92.6 Å². The summed E-state index contributed by atoms with van der Waals surface area (Å²) in [5.41, 5.74) is 13.7. The van der Waals surface area contributed by atoms with E-state index in [0.717, 1.165) is 59.7 Å². The Hall–Kier alpha value is -3.27. The average molecular weight is 429 g/mol. The van der Waals surface area contributed by atoms with E-state index in [4.69, 9.17) is 10.2 Å². The normalized spacial score (nSPS) is 11.3. The molecule has 2 aromatic carbocycles. The van der Waals surface area contributed by atoms with Crippen LogP contribution in [0.5, 0.6) is 0 Å². The van der Waals surface area contributed by atoms with Crippen LogP contribution in [0.3, 0.4) is 0 Å². The van der Waals surface area contributed by atoms with Crippen LogP contribution in [0.15, 0.2) is 59.0 Å². The first-order valence-electron chi connectivity index (χ1n) is 11.7. The smallest absolute Gasteiger partial charge is 0.203 e. The number of nitrogens with two attached hydrogens (primary N) is 1. The molecule has 4 heteroatoms. The average Bonchev–Trinajstić information content (AvgIpc) is 2.80. The van der Waals surface area contributed by atoms with Crippen LogP contribution in [0.25, 0.3) is 33.4 Å². The molecular weight excluding hydrogens is 394 g/mol. The lowest BCUT2D eigenvalue weighted by Crippen LogP contribution is -2.29. The van der Waals surface area contributed by atoms with E-state index in [0.29, 0.717) is 0 Å². The van der Waals surface area contributed by atoms with Gasteiger partial charge in [0.25, 0.3) is 0 Å². The van der Waals surface area contributed by atoms with Crippen molar-refractivity contribution in [2.75, 3.05) is 36.8 Å². The quantitative estimate of drug-likeness (QED) is 0.241. The maximum Gasteiger partial charge on any atom is 0.203 e. The van der Waals surface area contributed by atoms with E-state index in [1.165, 1.54) is 22.2 Å². The standard InChI is InChI=1S/C28H34N3O/c1-6-30(7-2)21-12-14-23-26(17-21)32-27-18-22(31(8-3)9-4)13-15-24(27)28(23)25-16-20(29)11-10-19(25)5/h10-18H,6-9,29H2,1-5H3/q+1. The van der Waals surface area contributed by atoms with Crippen molar-refractivity contribution >= 4 is 22.3 Å². The molecule has 32 heavy (non-hydrogen) atoms. The van der Waals surface area contributed by atoms with Gasteiger partial charge in [-0.25, -0.2) is 4.58 Å². The molecule has 1 aliphatic heterocycles. The van der Waals surface area contributed by atoms with Crippen LogP contribution in [0, 0.1) is 6.92 Å². The molecule has 0 amide bonds. The highest BCUT2D eigenvalue weighted by molar-refractivity contribution is 6.03. The Balaban J connectivity index is 2.12. The van der Waals surface area contributed by atoms with Crippen molar-refractivity contribution in [1.29, 1.82) is 0 Å². The lowest BCUT2D eigenvalue weighted by atomic mass is 9.90. The Bertz CT molecular complexity index is 1290. The molecule has 0 aromatic heterocycles. The number of anilines is 2. The van der Waals surface area contributed by atoms with Gasteiger partial charge in [-0.1, -0.05) is 6.07 Å². The molecule has 0 saturated heterocycles. The molecule has 1 aliphatic carbocycles. The van der Waals surface area contributed by atoms with Crippen molar-refractivity contribution < 1.29 is 4.42 Å². The first-order valence-corrected chi connectivity index (χ1v) is 11.7. The minimum absolute atomic E-state index is 0.771. The molecule has 4 rings (SSSR count). The van der Waals surface area contributed by atoms with Gasteiger partial charge in [-0.2, -0.15) is 0 Å². The van der Waals surface area contributed by atoms with Gasteiger partial charge < -0.3 is 15.1 Å². The molecule has 0 radical (unpaired) electrons. The molecule has 2 aromatic rings. The van der Waals surface area contributed by atoms with Gasteiger partial charge in [-0.15, -0.1) is 0 Å². The first kappa shape index (κ1) is 21.9. The summed E-state index contributed by atoms with van der Waals surface area (Å²) in [5.74, 6) is 0.899. The third-order valence-electron chi connectivity index (χ3n) is 6.48. The summed E-state index contributed by atoms with van der Waals surface area (Å²) in [6.45, 7) is 14.7. The molecule has 2 aliphatic rings.